The van der Waals surface area contributed by atoms with Crippen LogP contribution in [-0.4, -0.2) is 34.2 Å². The average molecular weight is 310 g/mol. The van der Waals surface area contributed by atoms with Crippen LogP contribution < -0.4 is 0 Å². The molecule has 5 heteroatoms. The Balaban J connectivity index is 1.83. The van der Waals surface area contributed by atoms with E-state index < -0.39 is 0 Å². The van der Waals surface area contributed by atoms with Gasteiger partial charge in [0.1, 0.15) is 0 Å². The summed E-state index contributed by atoms with van der Waals surface area (Å²) in [6.07, 6.45) is 0. The molecular formula is C17H14N2O2S. The van der Waals surface area contributed by atoms with Crippen LogP contribution in [-0.2, 0) is 0 Å². The van der Waals surface area contributed by atoms with Gasteiger partial charge in [-0.15, -0.1) is 0 Å². The topological polar surface area (TPSA) is 49.7 Å². The van der Waals surface area contributed by atoms with Crippen LogP contribution in [0.2, 0.25) is 0 Å². The zero-order valence-corrected chi connectivity index (χ0v) is 12.6. The molecule has 22 heavy (non-hydrogen) atoms. The first-order valence-electron chi connectivity index (χ1n) is 6.93. The number of amides is 2. The fourth-order valence-electron chi connectivity index (χ4n) is 2.15. The zero-order valence-electron chi connectivity index (χ0n) is 11.8. The molecule has 1 saturated heterocycles. The van der Waals surface area contributed by atoms with Gasteiger partial charge in [0.05, 0.1) is 0 Å². The molecule has 1 aliphatic heterocycles. The zero-order chi connectivity index (χ0) is 15.4. The highest BCUT2D eigenvalue weighted by molar-refractivity contribution is 8.14. The summed E-state index contributed by atoms with van der Waals surface area (Å²) in [5.74, 6) is 0.306. The summed E-state index contributed by atoms with van der Waals surface area (Å²) >= 11 is 1.43. The molecular weight excluding hydrogens is 296 g/mol. The Labute approximate surface area is 132 Å². The monoisotopic (exact) mass is 310 g/mol. The molecule has 1 heterocycles. The molecule has 0 aliphatic carbocycles. The third-order valence-electron chi connectivity index (χ3n) is 3.26. The smallest absolute Gasteiger partial charge is 0.279 e. The molecule has 4 nitrogen and oxygen atoms in total. The van der Waals surface area contributed by atoms with E-state index in [1.165, 1.54) is 11.8 Å². The number of amidine groups is 1. The standard InChI is InChI=1S/C17H14N2O2S/c20-15(13-7-3-1-4-8-13)18-17-19(11-12-22-17)16(21)14-9-5-2-6-10-14/h1-10H,11-12H2. The third kappa shape index (κ3) is 3.09. The van der Waals surface area contributed by atoms with Gasteiger partial charge in [0.2, 0.25) is 0 Å². The Bertz CT molecular complexity index is 714. The molecule has 2 aromatic rings. The minimum absolute atomic E-state index is 0.120. The second kappa shape index (κ2) is 6.58. The fourth-order valence-corrected chi connectivity index (χ4v) is 3.09. The molecule has 0 N–H and O–H groups in total. The molecule has 0 aromatic heterocycles. The first kappa shape index (κ1) is 14.5. The normalized spacial score (nSPS) is 16.0. The van der Waals surface area contributed by atoms with E-state index in [-0.39, 0.29) is 11.8 Å². The Morgan fingerprint density at radius 1 is 0.909 bits per heavy atom. The summed E-state index contributed by atoms with van der Waals surface area (Å²) < 4.78 is 0. The Kier molecular flexibility index (Phi) is 4.34. The molecule has 1 fully saturated rings. The van der Waals surface area contributed by atoms with Crippen molar-refractivity contribution in [3.63, 3.8) is 0 Å². The van der Waals surface area contributed by atoms with E-state index >= 15 is 0 Å². The molecule has 110 valence electrons. The minimum Gasteiger partial charge on any atom is -0.286 e. The van der Waals surface area contributed by atoms with E-state index in [4.69, 9.17) is 0 Å². The van der Waals surface area contributed by atoms with E-state index in [9.17, 15) is 9.59 Å². The number of benzene rings is 2. The van der Waals surface area contributed by atoms with Crippen LogP contribution in [0.1, 0.15) is 20.7 Å². The van der Waals surface area contributed by atoms with Gasteiger partial charge in [-0.3, -0.25) is 14.5 Å². The number of rotatable bonds is 2. The van der Waals surface area contributed by atoms with E-state index in [1.54, 1.807) is 41.3 Å². The number of aliphatic imine (C=N–C) groups is 1. The highest BCUT2D eigenvalue weighted by atomic mass is 32.2. The van der Waals surface area contributed by atoms with Crippen molar-refractivity contribution < 1.29 is 9.59 Å². The van der Waals surface area contributed by atoms with E-state index in [1.807, 2.05) is 24.3 Å². The van der Waals surface area contributed by atoms with Gasteiger partial charge < -0.3 is 0 Å². The molecule has 1 aliphatic rings. The van der Waals surface area contributed by atoms with Crippen LogP contribution >= 0.6 is 11.8 Å². The van der Waals surface area contributed by atoms with Crippen LogP contribution in [0, 0.1) is 0 Å². The third-order valence-corrected chi connectivity index (χ3v) is 4.22. The van der Waals surface area contributed by atoms with Gasteiger partial charge in [-0.25, -0.2) is 0 Å². The van der Waals surface area contributed by atoms with Crippen molar-refractivity contribution in [3.8, 4) is 0 Å². The van der Waals surface area contributed by atoms with E-state index in [0.717, 1.165) is 5.75 Å². The average Bonchev–Trinajstić information content (AvgIpc) is 3.04. The summed E-state index contributed by atoms with van der Waals surface area (Å²) in [5.41, 5.74) is 1.12. The molecule has 0 bridgehead atoms. The number of hydrogen-bond acceptors (Lipinski definition) is 3. The van der Waals surface area contributed by atoms with Crippen LogP contribution in [0.15, 0.2) is 65.7 Å². The quantitative estimate of drug-likeness (QED) is 0.856. The van der Waals surface area contributed by atoms with E-state index in [2.05, 4.69) is 4.99 Å². The van der Waals surface area contributed by atoms with E-state index in [0.29, 0.717) is 22.8 Å². The maximum absolute atomic E-state index is 12.5. The first-order valence-corrected chi connectivity index (χ1v) is 7.92. The molecule has 0 atom stereocenters. The second-order valence-corrected chi connectivity index (χ2v) is 5.80. The minimum atomic E-state index is -0.323. The molecule has 2 amide bonds. The van der Waals surface area contributed by atoms with Gasteiger partial charge >= 0.3 is 0 Å². The molecule has 0 unspecified atom stereocenters. The Hall–Kier alpha value is -2.40. The second-order valence-electron chi connectivity index (χ2n) is 4.74. The molecule has 0 saturated carbocycles. The van der Waals surface area contributed by atoms with Crippen LogP contribution in [0.5, 0.6) is 0 Å². The fraction of sp³-hybridized carbons (Fsp3) is 0.118. The summed E-state index contributed by atoms with van der Waals surface area (Å²) in [5, 5.41) is 0.475. The van der Waals surface area contributed by atoms with Crippen molar-refractivity contribution in [2.24, 2.45) is 4.99 Å². The molecule has 0 spiro atoms. The maximum atomic E-state index is 12.5. The number of hydrogen-bond donors (Lipinski definition) is 0. The summed E-state index contributed by atoms with van der Waals surface area (Å²) in [7, 11) is 0. The van der Waals surface area contributed by atoms with Crippen molar-refractivity contribution in [1.82, 2.24) is 4.90 Å². The predicted molar refractivity (Wildman–Crippen MR) is 88.1 cm³/mol. The van der Waals surface area contributed by atoms with Crippen LogP contribution in [0.4, 0.5) is 0 Å². The summed E-state index contributed by atoms with van der Waals surface area (Å²) in [4.78, 5) is 30.4. The van der Waals surface area contributed by atoms with Crippen LogP contribution in [0.25, 0.3) is 0 Å². The van der Waals surface area contributed by atoms with Gasteiger partial charge in [0.15, 0.2) is 5.17 Å². The highest BCUT2D eigenvalue weighted by Gasteiger charge is 2.27. The lowest BCUT2D eigenvalue weighted by molar-refractivity contribution is 0.0859. The number of carbonyl (C=O) groups is 2. The van der Waals surface area contributed by atoms with Crippen molar-refractivity contribution in [3.05, 3.63) is 71.8 Å². The van der Waals surface area contributed by atoms with Gasteiger partial charge in [0, 0.05) is 23.4 Å². The first-order chi connectivity index (χ1) is 10.8. The van der Waals surface area contributed by atoms with Crippen molar-refractivity contribution in [2.75, 3.05) is 12.3 Å². The van der Waals surface area contributed by atoms with Crippen molar-refractivity contribution in [1.29, 1.82) is 0 Å². The predicted octanol–water partition coefficient (Wildman–Crippen LogP) is 3.07. The Morgan fingerprint density at radius 2 is 1.50 bits per heavy atom. The molecule has 2 aromatic carbocycles. The Morgan fingerprint density at radius 3 is 2.14 bits per heavy atom. The number of nitrogens with zero attached hydrogens (tertiary/aromatic N) is 2. The summed E-state index contributed by atoms with van der Waals surface area (Å²) in [6.45, 7) is 0.569. The summed E-state index contributed by atoms with van der Waals surface area (Å²) in [6, 6.07) is 17.9. The van der Waals surface area contributed by atoms with Gasteiger partial charge in [-0.2, -0.15) is 4.99 Å². The number of carbonyl (C=O) groups excluding carboxylic acids is 2. The lowest BCUT2D eigenvalue weighted by Crippen LogP contribution is -2.32. The largest absolute Gasteiger partial charge is 0.286 e. The van der Waals surface area contributed by atoms with Crippen molar-refractivity contribution >= 4 is 28.7 Å². The van der Waals surface area contributed by atoms with Gasteiger partial charge in [-0.05, 0) is 24.3 Å². The molecule has 0 radical (unpaired) electrons. The number of thioether (sulfide) groups is 1. The maximum Gasteiger partial charge on any atom is 0.279 e. The lowest BCUT2D eigenvalue weighted by atomic mass is 10.2. The van der Waals surface area contributed by atoms with Gasteiger partial charge in [0.25, 0.3) is 11.8 Å². The lowest BCUT2D eigenvalue weighted by Gasteiger charge is -2.15. The van der Waals surface area contributed by atoms with Crippen LogP contribution in [0.3, 0.4) is 0 Å². The SMILES string of the molecule is O=C(N=C1SCCN1C(=O)c1ccccc1)c1ccccc1. The molecule has 3 rings (SSSR count). The van der Waals surface area contributed by atoms with Crippen molar-refractivity contribution in [2.45, 2.75) is 0 Å². The van der Waals surface area contributed by atoms with Gasteiger partial charge in [-0.1, -0.05) is 48.2 Å². The highest BCUT2D eigenvalue weighted by Crippen LogP contribution is 2.21.